The first-order chi connectivity index (χ1) is 8.17. The van der Waals surface area contributed by atoms with E-state index in [0.717, 1.165) is 5.56 Å². The molecule has 1 unspecified atom stereocenters. The molecule has 1 fully saturated rings. The number of halogens is 2. The molecule has 2 nitrogen and oxygen atoms in total. The molecule has 1 aromatic rings. The highest BCUT2D eigenvalue weighted by Crippen LogP contribution is 2.46. The van der Waals surface area contributed by atoms with Crippen LogP contribution in [-0.2, 0) is 0 Å². The molecule has 0 aliphatic heterocycles. The van der Waals surface area contributed by atoms with E-state index < -0.39 is 0 Å². The maximum Gasteiger partial charge on any atom is 0.162 e. The molecule has 17 heavy (non-hydrogen) atoms. The van der Waals surface area contributed by atoms with E-state index >= 15 is 0 Å². The molecule has 0 amide bonds. The van der Waals surface area contributed by atoms with Crippen LogP contribution in [0.3, 0.4) is 0 Å². The van der Waals surface area contributed by atoms with E-state index in [0.29, 0.717) is 22.4 Å². The van der Waals surface area contributed by atoms with Crippen LogP contribution in [0, 0.1) is 5.92 Å². The molecule has 1 aromatic carbocycles. The number of methoxy groups -OCH3 is 2. The van der Waals surface area contributed by atoms with Crippen molar-refractivity contribution in [2.75, 3.05) is 14.2 Å². The maximum atomic E-state index is 6.46. The van der Waals surface area contributed by atoms with Crippen molar-refractivity contribution in [2.24, 2.45) is 5.92 Å². The Kier molecular flexibility index (Phi) is 4.05. The van der Waals surface area contributed by atoms with Crippen LogP contribution in [0.15, 0.2) is 12.1 Å². The summed E-state index contributed by atoms with van der Waals surface area (Å²) in [5.74, 6) is 1.85. The second-order valence-electron chi connectivity index (χ2n) is 4.32. The van der Waals surface area contributed by atoms with E-state index in [2.05, 4.69) is 0 Å². The summed E-state index contributed by atoms with van der Waals surface area (Å²) in [5, 5.41) is 0.616. The van der Waals surface area contributed by atoms with Crippen LogP contribution >= 0.6 is 23.2 Å². The molecule has 0 aromatic heterocycles. The summed E-state index contributed by atoms with van der Waals surface area (Å²) in [5.41, 5.74) is 0.940. The Morgan fingerprint density at radius 3 is 2.24 bits per heavy atom. The lowest BCUT2D eigenvalue weighted by Gasteiger charge is -2.30. The smallest absolute Gasteiger partial charge is 0.162 e. The van der Waals surface area contributed by atoms with Gasteiger partial charge < -0.3 is 9.47 Å². The summed E-state index contributed by atoms with van der Waals surface area (Å²) in [6.07, 6.45) is 3.62. The minimum atomic E-state index is -0.0314. The van der Waals surface area contributed by atoms with Crippen LogP contribution in [0.4, 0.5) is 0 Å². The third-order valence-electron chi connectivity index (χ3n) is 3.36. The van der Waals surface area contributed by atoms with E-state index in [9.17, 15) is 0 Å². The van der Waals surface area contributed by atoms with Crippen molar-refractivity contribution in [3.63, 3.8) is 0 Å². The monoisotopic (exact) mass is 274 g/mol. The highest BCUT2D eigenvalue weighted by molar-refractivity contribution is 6.33. The lowest BCUT2D eigenvalue weighted by molar-refractivity contribution is 0.304. The molecule has 1 saturated carbocycles. The molecular weight excluding hydrogens is 259 g/mol. The second kappa shape index (κ2) is 5.36. The van der Waals surface area contributed by atoms with E-state index in [-0.39, 0.29) is 5.38 Å². The fourth-order valence-electron chi connectivity index (χ4n) is 2.07. The highest BCUT2D eigenvalue weighted by Gasteiger charge is 2.29. The fraction of sp³-hybridized carbons (Fsp3) is 0.538. The van der Waals surface area contributed by atoms with Crippen molar-refractivity contribution in [2.45, 2.75) is 24.6 Å². The van der Waals surface area contributed by atoms with Gasteiger partial charge in [0.25, 0.3) is 0 Å². The van der Waals surface area contributed by atoms with Gasteiger partial charge in [-0.1, -0.05) is 18.0 Å². The van der Waals surface area contributed by atoms with Crippen LogP contribution in [0.5, 0.6) is 11.5 Å². The number of ether oxygens (including phenoxy) is 2. The zero-order valence-corrected chi connectivity index (χ0v) is 11.5. The summed E-state index contributed by atoms with van der Waals surface area (Å²) >= 11 is 12.7. The molecule has 94 valence electrons. The van der Waals surface area contributed by atoms with Gasteiger partial charge in [0.15, 0.2) is 11.5 Å². The molecule has 0 saturated heterocycles. The molecule has 1 aliphatic rings. The first-order valence-corrected chi connectivity index (χ1v) is 6.54. The zero-order chi connectivity index (χ0) is 12.4. The average molecular weight is 275 g/mol. The molecule has 1 aliphatic carbocycles. The number of alkyl halides is 1. The lowest BCUT2D eigenvalue weighted by atomic mass is 9.80. The minimum Gasteiger partial charge on any atom is -0.493 e. The van der Waals surface area contributed by atoms with Gasteiger partial charge in [-0.2, -0.15) is 0 Å². The Balaban J connectivity index is 2.32. The first-order valence-electron chi connectivity index (χ1n) is 5.73. The normalized spacial score (nSPS) is 17.4. The second-order valence-corrected chi connectivity index (χ2v) is 5.20. The summed E-state index contributed by atoms with van der Waals surface area (Å²) < 4.78 is 10.5. The SMILES string of the molecule is COc1cc(Cl)c(C(Cl)C2CCC2)cc1OC. The third kappa shape index (κ3) is 2.48. The molecule has 0 bridgehead atoms. The van der Waals surface area contributed by atoms with Gasteiger partial charge in [-0.05, 0) is 30.4 Å². The van der Waals surface area contributed by atoms with Crippen LogP contribution in [0.25, 0.3) is 0 Å². The van der Waals surface area contributed by atoms with Gasteiger partial charge in [-0.25, -0.2) is 0 Å². The Morgan fingerprint density at radius 1 is 1.18 bits per heavy atom. The largest absolute Gasteiger partial charge is 0.493 e. The van der Waals surface area contributed by atoms with Gasteiger partial charge in [0, 0.05) is 11.1 Å². The minimum absolute atomic E-state index is 0.0314. The first kappa shape index (κ1) is 12.8. The van der Waals surface area contributed by atoms with Gasteiger partial charge in [-0.15, -0.1) is 11.6 Å². The van der Waals surface area contributed by atoms with Crippen molar-refractivity contribution in [1.29, 1.82) is 0 Å². The summed E-state index contributed by atoms with van der Waals surface area (Å²) in [4.78, 5) is 0. The molecule has 0 N–H and O–H groups in total. The Bertz CT molecular complexity index is 403. The molecule has 0 spiro atoms. The number of benzene rings is 1. The summed E-state index contributed by atoms with van der Waals surface area (Å²) in [7, 11) is 3.21. The topological polar surface area (TPSA) is 18.5 Å². The van der Waals surface area contributed by atoms with E-state index in [4.69, 9.17) is 32.7 Å². The van der Waals surface area contributed by atoms with Gasteiger partial charge in [0.2, 0.25) is 0 Å². The van der Waals surface area contributed by atoms with Crippen LogP contribution < -0.4 is 9.47 Å². The van der Waals surface area contributed by atoms with E-state index in [1.165, 1.54) is 19.3 Å². The number of hydrogen-bond acceptors (Lipinski definition) is 2. The summed E-state index contributed by atoms with van der Waals surface area (Å²) in [6, 6.07) is 3.65. The van der Waals surface area contributed by atoms with Crippen LogP contribution in [-0.4, -0.2) is 14.2 Å². The van der Waals surface area contributed by atoms with Crippen LogP contribution in [0.2, 0.25) is 5.02 Å². The van der Waals surface area contributed by atoms with Crippen LogP contribution in [0.1, 0.15) is 30.2 Å². The predicted molar refractivity (Wildman–Crippen MR) is 70.5 cm³/mol. The van der Waals surface area contributed by atoms with E-state index in [1.807, 2.05) is 6.07 Å². The van der Waals surface area contributed by atoms with Crippen molar-refractivity contribution in [3.05, 3.63) is 22.7 Å². The molecule has 0 radical (unpaired) electrons. The van der Waals surface area contributed by atoms with Gasteiger partial charge in [0.1, 0.15) is 0 Å². The quantitative estimate of drug-likeness (QED) is 0.756. The number of hydrogen-bond donors (Lipinski definition) is 0. The van der Waals surface area contributed by atoms with Crippen molar-refractivity contribution >= 4 is 23.2 Å². The lowest BCUT2D eigenvalue weighted by Crippen LogP contribution is -2.17. The number of rotatable bonds is 4. The summed E-state index contributed by atoms with van der Waals surface area (Å²) in [6.45, 7) is 0. The average Bonchev–Trinajstić information content (AvgIpc) is 2.26. The Hall–Kier alpha value is -0.600. The third-order valence-corrected chi connectivity index (χ3v) is 4.28. The molecule has 1 atom stereocenters. The molecular formula is C13H16Cl2O2. The molecule has 4 heteroatoms. The fourth-order valence-corrected chi connectivity index (χ4v) is 2.83. The van der Waals surface area contributed by atoms with Crippen molar-refractivity contribution in [1.82, 2.24) is 0 Å². The van der Waals surface area contributed by atoms with E-state index in [1.54, 1.807) is 20.3 Å². The van der Waals surface area contributed by atoms with Gasteiger partial charge >= 0.3 is 0 Å². The van der Waals surface area contributed by atoms with Crippen molar-refractivity contribution in [3.8, 4) is 11.5 Å². The maximum absolute atomic E-state index is 6.46. The van der Waals surface area contributed by atoms with Crippen molar-refractivity contribution < 1.29 is 9.47 Å². The van der Waals surface area contributed by atoms with Gasteiger partial charge in [-0.3, -0.25) is 0 Å². The standard InChI is InChI=1S/C13H16Cl2O2/c1-16-11-6-9(10(14)7-12(11)17-2)13(15)8-4-3-5-8/h6-8,13H,3-5H2,1-2H3. The molecule has 0 heterocycles. The molecule has 2 rings (SSSR count). The van der Waals surface area contributed by atoms with Gasteiger partial charge in [0.05, 0.1) is 19.6 Å². The predicted octanol–water partition coefficient (Wildman–Crippen LogP) is 4.44. The Labute approximate surface area is 112 Å². The zero-order valence-electron chi connectivity index (χ0n) is 10.0. The Morgan fingerprint density at radius 2 is 1.76 bits per heavy atom. The highest BCUT2D eigenvalue weighted by atomic mass is 35.5.